The minimum absolute atomic E-state index is 0.0545. The van der Waals surface area contributed by atoms with Crippen LogP contribution in [0.1, 0.15) is 12.8 Å². The van der Waals surface area contributed by atoms with E-state index in [1.165, 1.54) is 0 Å². The van der Waals surface area contributed by atoms with Gasteiger partial charge in [0.2, 0.25) is 0 Å². The molecule has 0 aromatic heterocycles. The van der Waals surface area contributed by atoms with Crippen molar-refractivity contribution >= 4 is 0 Å². The van der Waals surface area contributed by atoms with Gasteiger partial charge in [0.15, 0.2) is 37.7 Å². The molecule has 0 aromatic rings. The highest BCUT2D eigenvalue weighted by Gasteiger charge is 2.59. The Morgan fingerprint density at radius 2 is 0.575 bits per heavy atom. The van der Waals surface area contributed by atoms with Crippen molar-refractivity contribution in [2.45, 2.75) is 197 Å². The van der Waals surface area contributed by atoms with Crippen LogP contribution in [0, 0.1) is 0 Å². The molecule has 73 heavy (non-hydrogen) atoms. The van der Waals surface area contributed by atoms with Crippen molar-refractivity contribution in [2.24, 2.45) is 5.11 Å². The number of aliphatic hydroxyl groups is 17. The van der Waals surface area contributed by atoms with E-state index in [-0.39, 0.29) is 26.0 Å². The number of azide groups is 1. The number of ether oxygens (including phenoxy) is 13. The van der Waals surface area contributed by atoms with Crippen LogP contribution in [0.3, 0.4) is 0 Å². The summed E-state index contributed by atoms with van der Waals surface area (Å²) in [6.07, 6.45) is -57.2. The van der Waals surface area contributed by atoms with Crippen LogP contribution in [0.4, 0.5) is 0 Å². The largest absolute Gasteiger partial charge is 0.394 e. The number of rotatable bonds is 12. The quantitative estimate of drug-likeness (QED) is 0.0373. The third kappa shape index (κ3) is 12.4. The van der Waals surface area contributed by atoms with Gasteiger partial charge in [-0.1, -0.05) is 5.11 Å². The molecule has 16 aliphatic heterocycles. The van der Waals surface area contributed by atoms with E-state index >= 15 is 0 Å². The summed E-state index contributed by atoms with van der Waals surface area (Å²) in [5.41, 5.74) is 8.67. The minimum atomic E-state index is -2.16. The highest BCUT2D eigenvalue weighted by atomic mass is 16.8. The van der Waals surface area contributed by atoms with Crippen LogP contribution in [0.15, 0.2) is 5.11 Å². The summed E-state index contributed by atoms with van der Waals surface area (Å²) in [4.78, 5) is 2.68. The first-order valence-electron chi connectivity index (χ1n) is 23.6. The van der Waals surface area contributed by atoms with Crippen LogP contribution < -0.4 is 0 Å². The SMILES string of the molecule is [N-]=[N+]=NCCCCO[C@H]1[C@H]2O[C@H]3[C@H](O)[C@@H](O)[C@@H](O[C@H]4[C@H](O)[C@@H](O)[C@@H](O[C@H]5[C@H](O)[C@@H](O)[C@@H](O[C@H]6[C@H](O)[C@@H](O)[C@@H](O[C@H]7[C@H](O)[C@@H](O)[C@@H](O[C@@H]([C@@H]1O)[C@@H](CO)O2)O[C@@H]7CO)O[C@@H]6CO)O[C@@H]5CO)O[C@@H]4CO)O[C@@H]3CO. The third-order valence-electron chi connectivity index (χ3n) is 13.7. The van der Waals surface area contributed by atoms with Gasteiger partial charge in [0.05, 0.1) is 39.6 Å². The molecule has 30 atom stereocenters. The number of unbranched alkanes of at least 4 members (excludes halogenated alkanes) is 1. The molecule has 33 nitrogen and oxygen atoms in total. The topological polar surface area (TPSA) is 513 Å². The van der Waals surface area contributed by atoms with Crippen LogP contribution in [0.2, 0.25) is 0 Å². The van der Waals surface area contributed by atoms with Crippen LogP contribution in [0.25, 0.3) is 10.4 Å². The summed E-state index contributed by atoms with van der Waals surface area (Å²) in [6.45, 7) is -6.13. The highest BCUT2D eigenvalue weighted by Crippen LogP contribution is 2.38. The Hall–Kier alpha value is -1.89. The lowest BCUT2D eigenvalue weighted by Crippen LogP contribution is -2.69. The molecular weight excluding hydrogens is 1000 g/mol. The van der Waals surface area contributed by atoms with Gasteiger partial charge in [0.1, 0.15) is 146 Å². The average molecular weight is 1070 g/mol. The van der Waals surface area contributed by atoms with Crippen molar-refractivity contribution < 1.29 is 148 Å². The Morgan fingerprint density at radius 3 is 0.836 bits per heavy atom. The molecule has 0 unspecified atom stereocenters. The lowest BCUT2D eigenvalue weighted by Gasteiger charge is -2.51. The van der Waals surface area contributed by atoms with Gasteiger partial charge in [0, 0.05) is 18.1 Å². The van der Waals surface area contributed by atoms with E-state index in [1.807, 2.05) is 0 Å². The molecule has 16 aliphatic rings. The maximum absolute atomic E-state index is 11.9. The standard InChI is InChI=1S/C40H67N3O30/c41-43-42-3-1-2-4-61-34-27(60)33-16(10-49)67-40(34)73-32-15(9-48)66-38(26(59)21(32)54)71-30-13(7-46)64-36(24(57)19(30)52)69-28-11(5-44)62-35(22(55)17(28)50)68-29-12(6-45)63-37(23(56)18(29)51)70-31-14(8-47)65-39(72-33)25(58)20(31)53/h11-40,44-60H,1-10H2/t11-,12-,13-,14-,15-,16-,17-,18-,19-,20-,21-,22-,23-,24-,25-,26-,27+,28-,29-,30-,31-,32-,33-,34-,35-,36-,37-,38-,39-,40-/m1/s1. The molecule has 0 saturated carbocycles. The monoisotopic (exact) mass is 1070 g/mol. The van der Waals surface area contributed by atoms with Crippen LogP contribution in [0.5, 0.6) is 0 Å². The Labute approximate surface area is 413 Å². The van der Waals surface area contributed by atoms with E-state index < -0.39 is 224 Å². The maximum Gasteiger partial charge on any atom is 0.187 e. The van der Waals surface area contributed by atoms with Gasteiger partial charge in [-0.2, -0.15) is 0 Å². The van der Waals surface area contributed by atoms with Crippen molar-refractivity contribution in [1.29, 1.82) is 0 Å². The minimum Gasteiger partial charge on any atom is -0.394 e. The molecule has 17 N–H and O–H groups in total. The summed E-state index contributed by atoms with van der Waals surface area (Å²) in [7, 11) is 0. The van der Waals surface area contributed by atoms with Crippen molar-refractivity contribution in [2.75, 3.05) is 52.8 Å². The number of hydrogen-bond acceptors (Lipinski definition) is 31. The normalized spacial score (nSPS) is 51.0. The summed E-state index contributed by atoms with van der Waals surface area (Å²) < 4.78 is 75.4. The Bertz CT molecular complexity index is 1740. The van der Waals surface area contributed by atoms with Gasteiger partial charge in [-0.05, 0) is 18.4 Å². The zero-order valence-electron chi connectivity index (χ0n) is 38.6. The number of hydrogen-bond donors (Lipinski definition) is 17. The second kappa shape index (κ2) is 26.2. The Morgan fingerprint density at radius 1 is 0.329 bits per heavy atom. The lowest BCUT2D eigenvalue weighted by molar-refractivity contribution is -0.405. The zero-order valence-corrected chi connectivity index (χ0v) is 38.6. The van der Waals surface area contributed by atoms with Crippen LogP contribution in [-0.2, 0) is 61.6 Å². The predicted molar refractivity (Wildman–Crippen MR) is 223 cm³/mol. The molecule has 12 bridgehead atoms. The van der Waals surface area contributed by atoms with Crippen molar-refractivity contribution in [3.63, 3.8) is 0 Å². The summed E-state index contributed by atoms with van der Waals surface area (Å²) in [5.74, 6) is 0. The van der Waals surface area contributed by atoms with Crippen LogP contribution >= 0.6 is 0 Å². The van der Waals surface area contributed by atoms with E-state index in [4.69, 9.17) is 67.1 Å². The molecule has 16 rings (SSSR count). The number of nitrogens with zero attached hydrogens (tertiary/aromatic N) is 3. The first kappa shape index (κ1) is 58.8. The number of aliphatic hydroxyl groups excluding tert-OH is 17. The molecule has 0 radical (unpaired) electrons. The molecule has 0 aromatic carbocycles. The Kier molecular flexibility index (Phi) is 21.1. The molecule has 422 valence electrons. The van der Waals surface area contributed by atoms with Gasteiger partial charge in [-0.15, -0.1) is 0 Å². The molecule has 16 fully saturated rings. The molecule has 0 aliphatic carbocycles. The van der Waals surface area contributed by atoms with Crippen molar-refractivity contribution in [3.8, 4) is 0 Å². The van der Waals surface area contributed by atoms with E-state index in [9.17, 15) is 86.8 Å². The molecule has 16 heterocycles. The fourth-order valence-electron chi connectivity index (χ4n) is 9.64. The summed E-state index contributed by atoms with van der Waals surface area (Å²) in [6, 6.07) is 0. The molecular formula is C40H67N3O30. The Balaban J connectivity index is 1.21. The molecule has 0 amide bonds. The fourth-order valence-corrected chi connectivity index (χ4v) is 9.64. The smallest absolute Gasteiger partial charge is 0.187 e. The second-order valence-electron chi connectivity index (χ2n) is 18.4. The van der Waals surface area contributed by atoms with E-state index in [0.29, 0.717) is 0 Å². The third-order valence-corrected chi connectivity index (χ3v) is 13.7. The maximum atomic E-state index is 11.9. The van der Waals surface area contributed by atoms with E-state index in [2.05, 4.69) is 10.0 Å². The molecule has 33 heteroatoms. The second-order valence-corrected chi connectivity index (χ2v) is 18.4. The van der Waals surface area contributed by atoms with Crippen molar-refractivity contribution in [1.82, 2.24) is 0 Å². The first-order valence-corrected chi connectivity index (χ1v) is 23.6. The zero-order chi connectivity index (χ0) is 53.0. The van der Waals surface area contributed by atoms with Crippen molar-refractivity contribution in [3.05, 3.63) is 10.4 Å². The predicted octanol–water partition coefficient (Wildman–Crippen LogP) is -10.9. The summed E-state index contributed by atoms with van der Waals surface area (Å²) in [5, 5.41) is 191. The lowest BCUT2D eigenvalue weighted by atomic mass is 9.94. The molecule has 0 spiro atoms. The molecule has 16 saturated heterocycles. The van der Waals surface area contributed by atoms with Gasteiger partial charge >= 0.3 is 0 Å². The van der Waals surface area contributed by atoms with Crippen LogP contribution in [-0.4, -0.2) is 324 Å². The van der Waals surface area contributed by atoms with Gasteiger partial charge < -0.3 is 148 Å². The van der Waals surface area contributed by atoms with Gasteiger partial charge in [0.25, 0.3) is 0 Å². The first-order chi connectivity index (χ1) is 35.0. The van der Waals surface area contributed by atoms with Gasteiger partial charge in [-0.3, -0.25) is 0 Å². The average Bonchev–Trinajstić information content (AvgIpc) is 3.38. The fraction of sp³-hybridized carbons (Fsp3) is 1.00. The van der Waals surface area contributed by atoms with Gasteiger partial charge in [-0.25, -0.2) is 0 Å². The van der Waals surface area contributed by atoms with E-state index in [1.54, 1.807) is 0 Å². The highest BCUT2D eigenvalue weighted by molar-refractivity contribution is 5.01. The van der Waals surface area contributed by atoms with E-state index in [0.717, 1.165) is 0 Å². The summed E-state index contributed by atoms with van der Waals surface area (Å²) >= 11 is 0.